The maximum absolute atomic E-state index is 5.89. The van der Waals surface area contributed by atoms with Gasteiger partial charge in [0.1, 0.15) is 5.75 Å². The van der Waals surface area contributed by atoms with Gasteiger partial charge in [-0.3, -0.25) is 0 Å². The molecule has 1 heterocycles. The molecule has 1 aliphatic rings. The molecule has 1 aromatic carbocycles. The standard InChI is InChI=1S/C16H25NO2.ClH/c1-15(2)12-16(8-10-17,9-11-19-15)13-4-6-14(18-3)7-5-13;/h4-7H,8-12,17H2,1-3H3;1H. The van der Waals surface area contributed by atoms with Crippen molar-refractivity contribution in [3.63, 3.8) is 0 Å². The highest BCUT2D eigenvalue weighted by Gasteiger charge is 2.41. The van der Waals surface area contributed by atoms with Gasteiger partial charge in [0.25, 0.3) is 0 Å². The molecule has 1 saturated heterocycles. The summed E-state index contributed by atoms with van der Waals surface area (Å²) in [5.41, 5.74) is 5.62. The lowest BCUT2D eigenvalue weighted by Crippen LogP contribution is -3.00. The summed E-state index contributed by atoms with van der Waals surface area (Å²) >= 11 is 0. The second-order valence-corrected chi connectivity index (χ2v) is 6.15. The predicted molar refractivity (Wildman–Crippen MR) is 76.3 cm³/mol. The first-order chi connectivity index (χ1) is 9.01. The molecular weight excluding hydrogens is 274 g/mol. The lowest BCUT2D eigenvalue weighted by molar-refractivity contribution is -0.372. The second kappa shape index (κ2) is 6.79. The summed E-state index contributed by atoms with van der Waals surface area (Å²) in [6, 6.07) is 8.52. The molecule has 114 valence electrons. The van der Waals surface area contributed by atoms with Gasteiger partial charge in [-0.05, 0) is 44.4 Å². The lowest BCUT2D eigenvalue weighted by Gasteiger charge is -2.45. The van der Waals surface area contributed by atoms with Gasteiger partial charge in [-0.1, -0.05) is 12.1 Å². The molecule has 1 atom stereocenters. The summed E-state index contributed by atoms with van der Waals surface area (Å²) in [7, 11) is 1.71. The monoisotopic (exact) mass is 299 g/mol. The maximum atomic E-state index is 5.89. The van der Waals surface area contributed by atoms with Gasteiger partial charge in [-0.25, -0.2) is 0 Å². The van der Waals surface area contributed by atoms with Crippen LogP contribution in [-0.4, -0.2) is 25.9 Å². The minimum Gasteiger partial charge on any atom is -1.00 e. The largest absolute Gasteiger partial charge is 1.00 e. The van der Waals surface area contributed by atoms with E-state index in [4.69, 9.17) is 9.47 Å². The molecule has 0 aromatic heterocycles. The molecule has 3 nitrogen and oxygen atoms in total. The van der Waals surface area contributed by atoms with E-state index >= 15 is 0 Å². The lowest BCUT2D eigenvalue weighted by atomic mass is 9.67. The molecule has 20 heavy (non-hydrogen) atoms. The number of rotatable bonds is 4. The first-order valence-electron chi connectivity index (χ1n) is 7.09. The van der Waals surface area contributed by atoms with Crippen LogP contribution in [-0.2, 0) is 10.2 Å². The minimum atomic E-state index is -0.0483. The van der Waals surface area contributed by atoms with E-state index in [9.17, 15) is 0 Å². The highest BCUT2D eigenvalue weighted by atomic mass is 35.5. The summed E-state index contributed by atoms with van der Waals surface area (Å²) in [5.74, 6) is 0.917. The van der Waals surface area contributed by atoms with E-state index in [2.05, 4.69) is 43.8 Å². The van der Waals surface area contributed by atoms with E-state index < -0.39 is 0 Å². The highest BCUT2D eigenvalue weighted by Crippen LogP contribution is 2.43. The Morgan fingerprint density at radius 3 is 2.40 bits per heavy atom. The quantitative estimate of drug-likeness (QED) is 0.788. The number of methoxy groups -OCH3 is 1. The fourth-order valence-corrected chi connectivity index (χ4v) is 3.36. The number of hydrogen-bond acceptors (Lipinski definition) is 2. The second-order valence-electron chi connectivity index (χ2n) is 6.15. The van der Waals surface area contributed by atoms with E-state index in [1.54, 1.807) is 7.11 Å². The van der Waals surface area contributed by atoms with Crippen LogP contribution in [0, 0.1) is 0 Å². The molecule has 0 radical (unpaired) electrons. The zero-order valence-corrected chi connectivity index (χ0v) is 13.5. The molecule has 0 bridgehead atoms. The average molecular weight is 300 g/mol. The molecule has 1 fully saturated rings. The van der Waals surface area contributed by atoms with E-state index in [0.717, 1.165) is 38.2 Å². The third kappa shape index (κ3) is 3.66. The summed E-state index contributed by atoms with van der Waals surface area (Å²) in [5, 5.41) is 0. The van der Waals surface area contributed by atoms with E-state index in [1.807, 2.05) is 0 Å². The SMILES string of the molecule is COc1ccc(C2(CC[NH3+])CCOC(C)(C)C2)cc1.[Cl-]. The smallest absolute Gasteiger partial charge is 0.118 e. The van der Waals surface area contributed by atoms with Gasteiger partial charge >= 0.3 is 0 Å². The zero-order valence-electron chi connectivity index (χ0n) is 12.7. The Hall–Kier alpha value is -0.770. The molecule has 0 saturated carbocycles. The Kier molecular flexibility index (Phi) is 5.87. The number of benzene rings is 1. The van der Waals surface area contributed by atoms with Crippen molar-refractivity contribution in [2.75, 3.05) is 20.3 Å². The van der Waals surface area contributed by atoms with Crippen LogP contribution < -0.4 is 22.9 Å². The van der Waals surface area contributed by atoms with Gasteiger partial charge in [0.15, 0.2) is 0 Å². The van der Waals surface area contributed by atoms with Gasteiger partial charge in [0, 0.05) is 18.4 Å². The Labute approximate surface area is 128 Å². The fraction of sp³-hybridized carbons (Fsp3) is 0.625. The molecule has 0 spiro atoms. The highest BCUT2D eigenvalue weighted by molar-refractivity contribution is 5.33. The fourth-order valence-electron chi connectivity index (χ4n) is 3.36. The van der Waals surface area contributed by atoms with E-state index in [-0.39, 0.29) is 23.4 Å². The van der Waals surface area contributed by atoms with Crippen molar-refractivity contribution in [1.29, 1.82) is 0 Å². The van der Waals surface area contributed by atoms with Crippen molar-refractivity contribution in [3.05, 3.63) is 29.8 Å². The topological polar surface area (TPSA) is 46.1 Å². The van der Waals surface area contributed by atoms with Crippen LogP contribution in [0.1, 0.15) is 38.7 Å². The first kappa shape index (κ1) is 17.3. The van der Waals surface area contributed by atoms with Gasteiger partial charge in [-0.15, -0.1) is 0 Å². The Balaban J connectivity index is 0.00000200. The Bertz CT molecular complexity index is 415. The summed E-state index contributed by atoms with van der Waals surface area (Å²) < 4.78 is 11.1. The van der Waals surface area contributed by atoms with Crippen LogP contribution in [0.15, 0.2) is 24.3 Å². The average Bonchev–Trinajstić information content (AvgIpc) is 2.38. The summed E-state index contributed by atoms with van der Waals surface area (Å²) in [4.78, 5) is 0. The van der Waals surface area contributed by atoms with Gasteiger partial charge in [0.2, 0.25) is 0 Å². The van der Waals surface area contributed by atoms with Crippen LogP contribution in [0.4, 0.5) is 0 Å². The van der Waals surface area contributed by atoms with Crippen molar-refractivity contribution in [1.82, 2.24) is 0 Å². The Morgan fingerprint density at radius 2 is 1.90 bits per heavy atom. The van der Waals surface area contributed by atoms with E-state index in [0.29, 0.717) is 0 Å². The summed E-state index contributed by atoms with van der Waals surface area (Å²) in [6.07, 6.45) is 3.26. The maximum Gasteiger partial charge on any atom is 0.118 e. The van der Waals surface area contributed by atoms with Crippen LogP contribution in [0.25, 0.3) is 0 Å². The third-order valence-electron chi connectivity index (χ3n) is 4.20. The molecule has 0 aliphatic carbocycles. The Morgan fingerprint density at radius 1 is 1.25 bits per heavy atom. The molecule has 1 aliphatic heterocycles. The predicted octanol–water partition coefficient (Wildman–Crippen LogP) is -0.842. The zero-order chi connectivity index (χ0) is 13.9. The van der Waals surface area contributed by atoms with Crippen LogP contribution in [0.2, 0.25) is 0 Å². The van der Waals surface area contributed by atoms with Crippen molar-refractivity contribution in [3.8, 4) is 5.75 Å². The van der Waals surface area contributed by atoms with Crippen molar-refractivity contribution in [2.45, 2.75) is 44.1 Å². The molecule has 1 aromatic rings. The minimum absolute atomic E-state index is 0. The summed E-state index contributed by atoms with van der Waals surface area (Å²) in [6.45, 7) is 6.17. The van der Waals surface area contributed by atoms with E-state index in [1.165, 1.54) is 5.56 Å². The van der Waals surface area contributed by atoms with Gasteiger partial charge in [0.05, 0.1) is 19.3 Å². The van der Waals surface area contributed by atoms with Gasteiger partial charge < -0.3 is 27.6 Å². The van der Waals surface area contributed by atoms with Gasteiger partial charge in [-0.2, -0.15) is 0 Å². The van der Waals surface area contributed by atoms with Crippen LogP contribution >= 0.6 is 0 Å². The molecule has 1 unspecified atom stereocenters. The normalized spacial score (nSPS) is 24.8. The van der Waals surface area contributed by atoms with Crippen LogP contribution in [0.3, 0.4) is 0 Å². The molecular formula is C16H26ClNO2. The number of ether oxygens (including phenoxy) is 2. The molecule has 0 amide bonds. The molecule has 2 rings (SSSR count). The van der Waals surface area contributed by atoms with Crippen molar-refractivity contribution in [2.24, 2.45) is 0 Å². The van der Waals surface area contributed by atoms with Crippen molar-refractivity contribution < 1.29 is 27.6 Å². The van der Waals surface area contributed by atoms with Crippen LogP contribution in [0.5, 0.6) is 5.75 Å². The van der Waals surface area contributed by atoms with Crippen molar-refractivity contribution >= 4 is 0 Å². The number of halogens is 1. The molecule has 4 heteroatoms. The molecule has 3 N–H and O–H groups in total. The third-order valence-corrected chi connectivity index (χ3v) is 4.20. The number of quaternary nitrogens is 1. The first-order valence-corrected chi connectivity index (χ1v) is 7.09. The number of hydrogen-bond donors (Lipinski definition) is 1.